The molecule has 3 aromatic carbocycles. The van der Waals surface area contributed by atoms with Crippen LogP contribution < -0.4 is 14.2 Å². The second-order valence-electron chi connectivity index (χ2n) is 7.80. The van der Waals surface area contributed by atoms with Crippen LogP contribution in [0.25, 0.3) is 6.08 Å². The maximum absolute atomic E-state index is 12.9. The molecule has 6 heteroatoms. The van der Waals surface area contributed by atoms with E-state index in [1.165, 1.54) is 0 Å². The molecule has 0 saturated carbocycles. The molecule has 32 heavy (non-hydrogen) atoms. The van der Waals surface area contributed by atoms with Crippen molar-refractivity contribution in [2.24, 2.45) is 0 Å². The fourth-order valence-electron chi connectivity index (χ4n) is 4.05. The van der Waals surface area contributed by atoms with Crippen LogP contribution in [0.5, 0.6) is 17.2 Å². The van der Waals surface area contributed by atoms with E-state index in [4.69, 9.17) is 25.8 Å². The number of halogens is 1. The van der Waals surface area contributed by atoms with Crippen LogP contribution in [0.4, 0.5) is 0 Å². The summed E-state index contributed by atoms with van der Waals surface area (Å²) in [6.45, 7) is 1.93. The van der Waals surface area contributed by atoms with Gasteiger partial charge in [0, 0.05) is 18.1 Å². The van der Waals surface area contributed by atoms with Gasteiger partial charge in [-0.1, -0.05) is 41.9 Å². The molecule has 162 valence electrons. The quantitative estimate of drug-likeness (QED) is 0.493. The minimum atomic E-state index is -0.121. The zero-order valence-corrected chi connectivity index (χ0v) is 18.4. The maximum Gasteiger partial charge on any atom is 0.231 e. The lowest BCUT2D eigenvalue weighted by atomic mass is 10.0. The number of carbonyl (C=O) groups is 1. The second kappa shape index (κ2) is 8.69. The third-order valence-electron chi connectivity index (χ3n) is 5.74. The van der Waals surface area contributed by atoms with Crippen LogP contribution in [-0.2, 0) is 13.0 Å². The summed E-state index contributed by atoms with van der Waals surface area (Å²) in [5, 5.41) is 0.647. The Kier molecular flexibility index (Phi) is 5.60. The molecule has 2 aliphatic heterocycles. The molecule has 0 bridgehead atoms. The Bertz CT molecular complexity index is 1200. The highest BCUT2D eigenvalue weighted by atomic mass is 35.5. The van der Waals surface area contributed by atoms with E-state index in [2.05, 4.69) is 11.0 Å². The Morgan fingerprint density at radius 3 is 2.72 bits per heavy atom. The lowest BCUT2D eigenvalue weighted by Crippen LogP contribution is -2.33. The van der Waals surface area contributed by atoms with Crippen LogP contribution in [0.15, 0.2) is 66.4 Å². The van der Waals surface area contributed by atoms with Gasteiger partial charge in [0.05, 0.1) is 18.2 Å². The number of nitrogens with zero attached hydrogens (tertiary/aromatic N) is 1. The highest BCUT2D eigenvalue weighted by molar-refractivity contribution is 6.30. The molecule has 0 unspecified atom stereocenters. The molecular formula is C26H22ClNO4. The molecule has 0 aliphatic carbocycles. The number of allylic oxidation sites excluding steroid dienone is 1. The number of para-hydroxylation sites is 1. The van der Waals surface area contributed by atoms with Crippen LogP contribution in [0, 0.1) is 0 Å². The summed E-state index contributed by atoms with van der Waals surface area (Å²) in [7, 11) is 1.69. The van der Waals surface area contributed by atoms with Crippen LogP contribution in [0.2, 0.25) is 5.02 Å². The van der Waals surface area contributed by atoms with E-state index in [0.29, 0.717) is 35.4 Å². The van der Waals surface area contributed by atoms with Gasteiger partial charge in [-0.05, 0) is 54.0 Å². The fourth-order valence-corrected chi connectivity index (χ4v) is 4.17. The average Bonchev–Trinajstić information content (AvgIpc) is 3.15. The lowest BCUT2D eigenvalue weighted by molar-refractivity contribution is 0.0948. The molecule has 5 rings (SSSR count). The first-order chi connectivity index (χ1) is 15.6. The van der Waals surface area contributed by atoms with Crippen molar-refractivity contribution in [3.05, 3.63) is 93.7 Å². The van der Waals surface area contributed by atoms with Gasteiger partial charge < -0.3 is 14.2 Å². The standard InChI is InChI=1S/C26H22ClNO4/c1-30-22-5-3-2-4-18(22)12-13-28-15-21-23(31-16-28)11-10-20-25(29)24(32-26(20)21)14-17-6-8-19(27)9-7-17/h2-11,14H,12-13,15-16H2,1H3/b24-14-. The first-order valence-corrected chi connectivity index (χ1v) is 10.8. The van der Waals surface area contributed by atoms with Gasteiger partial charge in [-0.15, -0.1) is 0 Å². The Labute approximate surface area is 191 Å². The topological polar surface area (TPSA) is 48.0 Å². The lowest BCUT2D eigenvalue weighted by Gasteiger charge is -2.29. The van der Waals surface area contributed by atoms with Crippen molar-refractivity contribution < 1.29 is 19.0 Å². The predicted molar refractivity (Wildman–Crippen MR) is 123 cm³/mol. The second-order valence-corrected chi connectivity index (χ2v) is 8.23. The summed E-state index contributed by atoms with van der Waals surface area (Å²) in [5.74, 6) is 2.43. The van der Waals surface area contributed by atoms with Crippen molar-refractivity contribution in [3.63, 3.8) is 0 Å². The number of ether oxygens (including phenoxy) is 3. The average molecular weight is 448 g/mol. The highest BCUT2D eigenvalue weighted by Crippen LogP contribution is 2.42. The van der Waals surface area contributed by atoms with Gasteiger partial charge in [0.25, 0.3) is 0 Å². The van der Waals surface area contributed by atoms with Crippen LogP contribution in [0.1, 0.15) is 27.0 Å². The van der Waals surface area contributed by atoms with E-state index in [-0.39, 0.29) is 5.78 Å². The molecule has 3 aromatic rings. The molecule has 0 radical (unpaired) electrons. The zero-order valence-electron chi connectivity index (χ0n) is 17.6. The van der Waals surface area contributed by atoms with E-state index < -0.39 is 0 Å². The first-order valence-electron chi connectivity index (χ1n) is 10.4. The molecule has 5 nitrogen and oxygen atoms in total. The van der Waals surface area contributed by atoms with Gasteiger partial charge in [-0.25, -0.2) is 0 Å². The van der Waals surface area contributed by atoms with Crippen molar-refractivity contribution in [3.8, 4) is 17.2 Å². The van der Waals surface area contributed by atoms with E-state index in [0.717, 1.165) is 41.2 Å². The molecule has 0 atom stereocenters. The van der Waals surface area contributed by atoms with Crippen molar-refractivity contribution in [1.82, 2.24) is 4.90 Å². The minimum Gasteiger partial charge on any atom is -0.496 e. The van der Waals surface area contributed by atoms with E-state index in [1.807, 2.05) is 36.4 Å². The number of rotatable bonds is 5. The SMILES string of the molecule is COc1ccccc1CCN1COc2ccc3c(c2C1)O/C(=C\c1ccc(Cl)cc1)C3=O. The Morgan fingerprint density at radius 1 is 1.09 bits per heavy atom. The van der Waals surface area contributed by atoms with Crippen molar-refractivity contribution >= 4 is 23.5 Å². The van der Waals surface area contributed by atoms with Crippen molar-refractivity contribution in [2.75, 3.05) is 20.4 Å². The van der Waals surface area contributed by atoms with E-state index >= 15 is 0 Å². The Morgan fingerprint density at radius 2 is 1.91 bits per heavy atom. The van der Waals surface area contributed by atoms with Gasteiger partial charge >= 0.3 is 0 Å². The zero-order chi connectivity index (χ0) is 22.1. The van der Waals surface area contributed by atoms with E-state index in [9.17, 15) is 4.79 Å². The summed E-state index contributed by atoms with van der Waals surface area (Å²) < 4.78 is 17.5. The van der Waals surface area contributed by atoms with Gasteiger partial charge in [-0.2, -0.15) is 0 Å². The molecule has 0 fully saturated rings. The summed E-state index contributed by atoms with van der Waals surface area (Å²) in [6.07, 6.45) is 2.58. The van der Waals surface area contributed by atoms with Gasteiger partial charge in [-0.3, -0.25) is 9.69 Å². The number of hydrogen-bond donors (Lipinski definition) is 0. The largest absolute Gasteiger partial charge is 0.496 e. The van der Waals surface area contributed by atoms with Crippen molar-refractivity contribution in [1.29, 1.82) is 0 Å². The molecule has 0 amide bonds. The normalized spacial score (nSPS) is 16.3. The molecule has 2 aliphatic rings. The fraction of sp³-hybridized carbons (Fsp3) is 0.192. The molecular weight excluding hydrogens is 426 g/mol. The third-order valence-corrected chi connectivity index (χ3v) is 5.99. The van der Waals surface area contributed by atoms with Gasteiger partial charge in [0.15, 0.2) is 5.76 Å². The van der Waals surface area contributed by atoms with Gasteiger partial charge in [0.1, 0.15) is 24.0 Å². The minimum absolute atomic E-state index is 0.121. The summed E-state index contributed by atoms with van der Waals surface area (Å²) in [5.41, 5.74) is 3.48. The third kappa shape index (κ3) is 3.97. The van der Waals surface area contributed by atoms with Crippen LogP contribution in [-0.4, -0.2) is 31.1 Å². The molecule has 0 saturated heterocycles. The molecule has 2 heterocycles. The maximum atomic E-state index is 12.9. The number of ketones is 1. The number of carbonyl (C=O) groups excluding carboxylic acids is 1. The molecule has 0 aromatic heterocycles. The predicted octanol–water partition coefficient (Wildman–Crippen LogP) is 5.36. The Hall–Kier alpha value is -3.28. The monoisotopic (exact) mass is 447 g/mol. The summed E-state index contributed by atoms with van der Waals surface area (Å²) in [4.78, 5) is 15.1. The van der Waals surface area contributed by atoms with E-state index in [1.54, 1.807) is 31.4 Å². The van der Waals surface area contributed by atoms with Crippen molar-refractivity contribution in [2.45, 2.75) is 13.0 Å². The number of benzene rings is 3. The number of hydrogen-bond acceptors (Lipinski definition) is 5. The van der Waals surface area contributed by atoms with Crippen LogP contribution in [0.3, 0.4) is 0 Å². The van der Waals surface area contributed by atoms with Crippen LogP contribution >= 0.6 is 11.6 Å². The number of fused-ring (bicyclic) bond motifs is 3. The smallest absolute Gasteiger partial charge is 0.231 e. The van der Waals surface area contributed by atoms with Gasteiger partial charge in [0.2, 0.25) is 5.78 Å². The summed E-state index contributed by atoms with van der Waals surface area (Å²) >= 11 is 5.96. The molecule has 0 N–H and O–H groups in total. The molecule has 0 spiro atoms. The Balaban J connectivity index is 1.35. The number of methoxy groups -OCH3 is 1. The highest BCUT2D eigenvalue weighted by Gasteiger charge is 2.33. The first kappa shape index (κ1) is 20.6. The number of Topliss-reactive ketones (excluding diaryl/α,β-unsaturated/α-hetero) is 1. The summed E-state index contributed by atoms with van der Waals surface area (Å²) in [6, 6.07) is 19.0.